The fraction of sp³-hybridized carbons (Fsp3) is 0.360. The first-order valence-electron chi connectivity index (χ1n) is 11.0. The van der Waals surface area contributed by atoms with Gasteiger partial charge in [-0.25, -0.2) is 0 Å². The van der Waals surface area contributed by atoms with Gasteiger partial charge in [0.1, 0.15) is 17.3 Å². The van der Waals surface area contributed by atoms with Gasteiger partial charge in [0.05, 0.1) is 44.1 Å². The van der Waals surface area contributed by atoms with Crippen molar-refractivity contribution in [2.75, 3.05) is 53.6 Å². The van der Waals surface area contributed by atoms with Crippen LogP contribution in [0.15, 0.2) is 48.0 Å². The average Bonchev–Trinajstić information content (AvgIpc) is 3.12. The topological polar surface area (TPSA) is 88.5 Å². The molecule has 2 saturated heterocycles. The molecular weight excluding hydrogens is 460 g/mol. The van der Waals surface area contributed by atoms with E-state index in [2.05, 4.69) is 4.90 Å². The lowest BCUT2D eigenvalue weighted by Crippen LogP contribution is -2.42. The first-order chi connectivity index (χ1) is 16.4. The number of morpholine rings is 1. The van der Waals surface area contributed by atoms with Gasteiger partial charge in [-0.3, -0.25) is 14.5 Å². The van der Waals surface area contributed by atoms with Gasteiger partial charge in [-0.2, -0.15) is 0 Å². The molecule has 0 aromatic heterocycles. The lowest BCUT2D eigenvalue weighted by atomic mass is 9.95. The zero-order valence-electron chi connectivity index (χ0n) is 19.1. The summed E-state index contributed by atoms with van der Waals surface area (Å²) >= 11 is 6.25. The summed E-state index contributed by atoms with van der Waals surface area (Å²) in [6.07, 6.45) is 0. The number of amides is 1. The van der Waals surface area contributed by atoms with Crippen LogP contribution in [0.2, 0.25) is 5.02 Å². The van der Waals surface area contributed by atoms with Gasteiger partial charge in [-0.05, 0) is 35.9 Å². The molecule has 2 aromatic carbocycles. The molecule has 2 aromatic rings. The number of rotatable bonds is 7. The van der Waals surface area contributed by atoms with E-state index in [9.17, 15) is 14.7 Å². The molecule has 180 valence electrons. The highest BCUT2D eigenvalue weighted by molar-refractivity contribution is 6.46. The Bertz CT molecular complexity index is 1110. The summed E-state index contributed by atoms with van der Waals surface area (Å²) < 4.78 is 15.9. The van der Waals surface area contributed by atoms with Crippen molar-refractivity contribution < 1.29 is 28.9 Å². The van der Waals surface area contributed by atoms with Crippen LogP contribution in [0.4, 0.5) is 0 Å². The summed E-state index contributed by atoms with van der Waals surface area (Å²) in [5.41, 5.74) is 1.01. The van der Waals surface area contributed by atoms with Gasteiger partial charge in [0.2, 0.25) is 0 Å². The minimum absolute atomic E-state index is 0.0152. The molecule has 0 radical (unpaired) electrons. The first-order valence-corrected chi connectivity index (χ1v) is 11.4. The molecule has 2 fully saturated rings. The predicted molar refractivity (Wildman–Crippen MR) is 127 cm³/mol. The summed E-state index contributed by atoms with van der Waals surface area (Å²) in [4.78, 5) is 30.0. The predicted octanol–water partition coefficient (Wildman–Crippen LogP) is 3.11. The smallest absolute Gasteiger partial charge is 0.295 e. The molecule has 0 spiro atoms. The fourth-order valence-corrected chi connectivity index (χ4v) is 4.57. The minimum atomic E-state index is -0.767. The molecule has 0 saturated carbocycles. The number of halogens is 1. The van der Waals surface area contributed by atoms with Gasteiger partial charge >= 0.3 is 0 Å². The number of ether oxygens (including phenoxy) is 3. The van der Waals surface area contributed by atoms with E-state index in [4.69, 9.17) is 25.8 Å². The minimum Gasteiger partial charge on any atom is -0.507 e. The summed E-state index contributed by atoms with van der Waals surface area (Å²) in [7, 11) is 3.04. The largest absolute Gasteiger partial charge is 0.507 e. The van der Waals surface area contributed by atoms with Crippen LogP contribution < -0.4 is 9.47 Å². The van der Waals surface area contributed by atoms with Crippen LogP contribution in [0, 0.1) is 0 Å². The maximum Gasteiger partial charge on any atom is 0.295 e. The Balaban J connectivity index is 1.76. The maximum atomic E-state index is 13.2. The normalized spacial score (nSPS) is 20.6. The Labute approximate surface area is 203 Å². The Morgan fingerprint density at radius 3 is 2.53 bits per heavy atom. The molecule has 2 heterocycles. The number of aliphatic hydroxyl groups is 1. The van der Waals surface area contributed by atoms with Crippen molar-refractivity contribution in [3.63, 3.8) is 0 Å². The van der Waals surface area contributed by atoms with Gasteiger partial charge in [0.15, 0.2) is 0 Å². The molecule has 2 aliphatic heterocycles. The number of nitrogens with zero attached hydrogens (tertiary/aromatic N) is 2. The van der Waals surface area contributed by atoms with Gasteiger partial charge in [0, 0.05) is 31.7 Å². The van der Waals surface area contributed by atoms with Crippen molar-refractivity contribution in [1.29, 1.82) is 0 Å². The second-order valence-electron chi connectivity index (χ2n) is 8.07. The molecule has 9 heteroatoms. The molecule has 1 atom stereocenters. The molecule has 1 amide bonds. The number of hydrogen-bond donors (Lipinski definition) is 1. The molecule has 2 aliphatic rings. The SMILES string of the molecule is COc1cccc([C@@H]2/C(=C(\O)c3ccc(OC)c(Cl)c3)C(=O)C(=O)N2CCN2CCOCC2)c1. The van der Waals surface area contributed by atoms with Crippen molar-refractivity contribution in [2.24, 2.45) is 0 Å². The van der Waals surface area contributed by atoms with Crippen LogP contribution in [0.5, 0.6) is 11.5 Å². The quantitative estimate of drug-likeness (QED) is 0.365. The van der Waals surface area contributed by atoms with E-state index in [0.717, 1.165) is 13.1 Å². The molecular formula is C25H27ClN2O6. The Hall–Kier alpha value is -3.07. The van der Waals surface area contributed by atoms with E-state index in [1.807, 2.05) is 6.07 Å². The van der Waals surface area contributed by atoms with Crippen LogP contribution in [0.3, 0.4) is 0 Å². The first kappa shape index (κ1) is 24.1. The molecule has 0 bridgehead atoms. The van der Waals surface area contributed by atoms with Crippen molar-refractivity contribution in [3.8, 4) is 11.5 Å². The zero-order valence-corrected chi connectivity index (χ0v) is 19.9. The number of carbonyl (C=O) groups excluding carboxylic acids is 2. The summed E-state index contributed by atoms with van der Waals surface area (Å²) in [5, 5.41) is 11.5. The van der Waals surface area contributed by atoms with Crippen molar-refractivity contribution >= 4 is 29.1 Å². The van der Waals surface area contributed by atoms with E-state index < -0.39 is 17.7 Å². The second kappa shape index (κ2) is 10.5. The van der Waals surface area contributed by atoms with Crippen LogP contribution >= 0.6 is 11.6 Å². The zero-order chi connectivity index (χ0) is 24.2. The van der Waals surface area contributed by atoms with Crippen molar-refractivity contribution in [1.82, 2.24) is 9.80 Å². The van der Waals surface area contributed by atoms with Gasteiger partial charge in [-0.15, -0.1) is 0 Å². The number of methoxy groups -OCH3 is 2. The number of likely N-dealkylation sites (tertiary alicyclic amines) is 1. The Morgan fingerprint density at radius 2 is 1.85 bits per heavy atom. The second-order valence-corrected chi connectivity index (χ2v) is 8.48. The van der Waals surface area contributed by atoms with Crippen molar-refractivity contribution in [3.05, 3.63) is 64.2 Å². The van der Waals surface area contributed by atoms with Crippen LogP contribution in [0.1, 0.15) is 17.2 Å². The molecule has 8 nitrogen and oxygen atoms in total. The molecule has 0 unspecified atom stereocenters. The van der Waals surface area contributed by atoms with E-state index in [-0.39, 0.29) is 16.4 Å². The van der Waals surface area contributed by atoms with E-state index >= 15 is 0 Å². The molecule has 1 N–H and O–H groups in total. The van der Waals surface area contributed by atoms with Gasteiger partial charge in [0.25, 0.3) is 11.7 Å². The average molecular weight is 487 g/mol. The Kier molecular flexibility index (Phi) is 7.41. The van der Waals surface area contributed by atoms with E-state index in [1.165, 1.54) is 18.1 Å². The maximum absolute atomic E-state index is 13.2. The highest BCUT2D eigenvalue weighted by Crippen LogP contribution is 2.41. The third-order valence-electron chi connectivity index (χ3n) is 6.14. The summed E-state index contributed by atoms with van der Waals surface area (Å²) in [6, 6.07) is 11.1. The summed E-state index contributed by atoms with van der Waals surface area (Å²) in [6.45, 7) is 3.71. The molecule has 4 rings (SSSR count). The number of ketones is 1. The molecule has 0 aliphatic carbocycles. The highest BCUT2D eigenvalue weighted by Gasteiger charge is 2.46. The number of hydrogen-bond acceptors (Lipinski definition) is 7. The number of benzene rings is 2. The van der Waals surface area contributed by atoms with Crippen LogP contribution in [0.25, 0.3) is 5.76 Å². The van der Waals surface area contributed by atoms with Gasteiger partial charge in [-0.1, -0.05) is 23.7 Å². The summed E-state index contributed by atoms with van der Waals surface area (Å²) in [5.74, 6) is -0.650. The third-order valence-corrected chi connectivity index (χ3v) is 6.43. The fourth-order valence-electron chi connectivity index (χ4n) is 4.31. The van der Waals surface area contributed by atoms with E-state index in [0.29, 0.717) is 48.9 Å². The number of aliphatic hydroxyl groups excluding tert-OH is 1. The highest BCUT2D eigenvalue weighted by atomic mass is 35.5. The van der Waals surface area contributed by atoms with E-state index in [1.54, 1.807) is 37.4 Å². The Morgan fingerprint density at radius 1 is 1.09 bits per heavy atom. The third kappa shape index (κ3) is 4.75. The monoisotopic (exact) mass is 486 g/mol. The number of carbonyl (C=O) groups is 2. The lowest BCUT2D eigenvalue weighted by Gasteiger charge is -2.31. The molecule has 34 heavy (non-hydrogen) atoms. The number of Topliss-reactive ketones (excluding diaryl/α,β-unsaturated/α-hetero) is 1. The van der Waals surface area contributed by atoms with Crippen LogP contribution in [-0.4, -0.2) is 80.2 Å². The standard InChI is InChI=1S/C25H27ClN2O6/c1-32-18-5-3-4-16(14-18)22-21(23(29)17-6-7-20(33-2)19(26)15-17)24(30)25(31)28(22)9-8-27-10-12-34-13-11-27/h3-7,14-15,22,29H,8-13H2,1-2H3/b23-21+/t22-/m1/s1. The van der Waals surface area contributed by atoms with Crippen LogP contribution in [-0.2, 0) is 14.3 Å². The lowest BCUT2D eigenvalue weighted by molar-refractivity contribution is -0.140. The van der Waals surface area contributed by atoms with Gasteiger partial charge < -0.3 is 24.2 Å². The van der Waals surface area contributed by atoms with Crippen molar-refractivity contribution in [2.45, 2.75) is 6.04 Å².